The van der Waals surface area contributed by atoms with Crippen LogP contribution in [0.1, 0.15) is 16.7 Å². The lowest BCUT2D eigenvalue weighted by Gasteiger charge is -2.11. The molecule has 0 saturated heterocycles. The average Bonchev–Trinajstić information content (AvgIpc) is 2.19. The van der Waals surface area contributed by atoms with Crippen LogP contribution in [0.2, 0.25) is 0 Å². The quantitative estimate of drug-likeness (QED) is 0.788. The van der Waals surface area contributed by atoms with E-state index in [0.29, 0.717) is 18.4 Å². The van der Waals surface area contributed by atoms with Crippen molar-refractivity contribution < 1.29 is 18.3 Å². The normalized spacial score (nSPS) is 11.5. The summed E-state index contributed by atoms with van der Waals surface area (Å²) in [5.74, 6) is 0. The highest BCUT2D eigenvalue weighted by Crippen LogP contribution is 2.30. The van der Waals surface area contributed by atoms with Crippen LogP contribution in [-0.4, -0.2) is 11.7 Å². The third kappa shape index (κ3) is 3.10. The molecule has 0 aliphatic heterocycles. The fourth-order valence-electron chi connectivity index (χ4n) is 1.51. The van der Waals surface area contributed by atoms with Crippen LogP contribution in [0.4, 0.5) is 13.2 Å². The number of allylic oxidation sites excluding steroid dienone is 1. The molecule has 1 aromatic carbocycles. The number of halogens is 3. The van der Waals surface area contributed by atoms with E-state index in [-0.39, 0.29) is 6.61 Å². The largest absolute Gasteiger partial charge is 0.416 e. The van der Waals surface area contributed by atoms with Gasteiger partial charge in [0.15, 0.2) is 0 Å². The highest BCUT2D eigenvalue weighted by atomic mass is 19.4. The predicted molar refractivity (Wildman–Crippen MR) is 56.1 cm³/mol. The summed E-state index contributed by atoms with van der Waals surface area (Å²) in [5.41, 5.74) is 0.639. The molecule has 0 amide bonds. The lowest BCUT2D eigenvalue weighted by Crippen LogP contribution is -2.07. The minimum atomic E-state index is -4.33. The fraction of sp³-hybridized carbons (Fsp3) is 0.333. The molecule has 0 heterocycles. The lowest BCUT2D eigenvalue weighted by molar-refractivity contribution is -0.137. The van der Waals surface area contributed by atoms with Gasteiger partial charge in [-0.05, 0) is 36.1 Å². The zero-order chi connectivity index (χ0) is 12.2. The molecule has 1 rings (SSSR count). The third-order valence-corrected chi connectivity index (χ3v) is 2.28. The summed E-state index contributed by atoms with van der Waals surface area (Å²) in [4.78, 5) is 0. The molecular weight excluding hydrogens is 217 g/mol. The fourth-order valence-corrected chi connectivity index (χ4v) is 1.51. The van der Waals surface area contributed by atoms with Crippen LogP contribution in [0.3, 0.4) is 0 Å². The Morgan fingerprint density at radius 1 is 1.25 bits per heavy atom. The Bertz CT molecular complexity index is 369. The number of hydrogen-bond acceptors (Lipinski definition) is 1. The molecule has 0 radical (unpaired) electrons. The molecule has 0 unspecified atom stereocenters. The van der Waals surface area contributed by atoms with Crippen molar-refractivity contribution in [2.45, 2.75) is 19.0 Å². The number of rotatable bonds is 4. The predicted octanol–water partition coefficient (Wildman–Crippen LogP) is 2.97. The molecule has 16 heavy (non-hydrogen) atoms. The second-order valence-electron chi connectivity index (χ2n) is 3.45. The van der Waals surface area contributed by atoms with E-state index in [1.54, 1.807) is 6.08 Å². The van der Waals surface area contributed by atoms with Gasteiger partial charge in [0, 0.05) is 6.61 Å². The zero-order valence-electron chi connectivity index (χ0n) is 8.72. The molecule has 0 fully saturated rings. The van der Waals surface area contributed by atoms with Gasteiger partial charge in [0.25, 0.3) is 0 Å². The van der Waals surface area contributed by atoms with Crippen molar-refractivity contribution in [1.82, 2.24) is 0 Å². The van der Waals surface area contributed by atoms with E-state index in [1.165, 1.54) is 6.07 Å². The van der Waals surface area contributed by atoms with E-state index in [2.05, 4.69) is 6.58 Å². The average molecular weight is 230 g/mol. The van der Waals surface area contributed by atoms with Gasteiger partial charge in [-0.3, -0.25) is 0 Å². The van der Waals surface area contributed by atoms with Crippen LogP contribution in [0.15, 0.2) is 30.9 Å². The molecule has 0 aliphatic rings. The van der Waals surface area contributed by atoms with E-state index in [1.807, 2.05) is 0 Å². The molecular formula is C12H13F3O. The van der Waals surface area contributed by atoms with Crippen molar-refractivity contribution in [3.63, 3.8) is 0 Å². The monoisotopic (exact) mass is 230 g/mol. The lowest BCUT2D eigenvalue weighted by atomic mass is 9.99. The van der Waals surface area contributed by atoms with Gasteiger partial charge in [-0.1, -0.05) is 12.1 Å². The summed E-state index contributed by atoms with van der Waals surface area (Å²) >= 11 is 0. The Kier molecular flexibility index (Phi) is 4.12. The van der Waals surface area contributed by atoms with Gasteiger partial charge in [0.2, 0.25) is 0 Å². The molecule has 1 N–H and O–H groups in total. The number of alkyl halides is 3. The molecule has 0 saturated carbocycles. The topological polar surface area (TPSA) is 20.2 Å². The maximum atomic E-state index is 12.5. The maximum Gasteiger partial charge on any atom is 0.416 e. The van der Waals surface area contributed by atoms with Crippen molar-refractivity contribution >= 4 is 0 Å². The van der Waals surface area contributed by atoms with Crippen LogP contribution in [-0.2, 0) is 19.0 Å². The van der Waals surface area contributed by atoms with Crippen LogP contribution in [0, 0.1) is 0 Å². The first-order valence-corrected chi connectivity index (χ1v) is 4.89. The summed E-state index contributed by atoms with van der Waals surface area (Å²) in [6.07, 6.45) is -2.04. The Hall–Kier alpha value is -1.29. The first-order valence-electron chi connectivity index (χ1n) is 4.89. The zero-order valence-corrected chi connectivity index (χ0v) is 8.72. The van der Waals surface area contributed by atoms with Crippen molar-refractivity contribution in [3.05, 3.63) is 47.5 Å². The highest BCUT2D eigenvalue weighted by Gasteiger charge is 2.30. The second kappa shape index (κ2) is 5.16. The van der Waals surface area contributed by atoms with E-state index < -0.39 is 11.7 Å². The Balaban J connectivity index is 3.11. The van der Waals surface area contributed by atoms with Crippen molar-refractivity contribution in [2.75, 3.05) is 6.61 Å². The molecule has 0 bridgehead atoms. The Morgan fingerprint density at radius 2 is 1.94 bits per heavy atom. The van der Waals surface area contributed by atoms with Gasteiger partial charge >= 0.3 is 6.18 Å². The van der Waals surface area contributed by atoms with Crippen LogP contribution in [0.5, 0.6) is 0 Å². The molecule has 0 aliphatic carbocycles. The standard InChI is InChI=1S/C12H13F3O/c1-2-3-10-8-11(12(13,14)15)5-4-9(10)6-7-16/h2,4-5,8,16H,1,3,6-7H2. The smallest absolute Gasteiger partial charge is 0.396 e. The summed E-state index contributed by atoms with van der Waals surface area (Å²) in [6.45, 7) is 3.43. The van der Waals surface area contributed by atoms with E-state index in [4.69, 9.17) is 5.11 Å². The van der Waals surface area contributed by atoms with Gasteiger partial charge in [-0.25, -0.2) is 0 Å². The summed E-state index contributed by atoms with van der Waals surface area (Å²) in [7, 11) is 0. The minimum absolute atomic E-state index is 0.0739. The van der Waals surface area contributed by atoms with Gasteiger partial charge in [0.05, 0.1) is 5.56 Å². The van der Waals surface area contributed by atoms with Gasteiger partial charge < -0.3 is 5.11 Å². The van der Waals surface area contributed by atoms with Gasteiger partial charge in [-0.15, -0.1) is 6.58 Å². The summed E-state index contributed by atoms with van der Waals surface area (Å²) in [5, 5.41) is 8.79. The first kappa shape index (κ1) is 12.8. The minimum Gasteiger partial charge on any atom is -0.396 e. The highest BCUT2D eigenvalue weighted by molar-refractivity contribution is 5.34. The van der Waals surface area contributed by atoms with E-state index in [0.717, 1.165) is 17.7 Å². The summed E-state index contributed by atoms with van der Waals surface area (Å²) < 4.78 is 37.4. The number of aliphatic hydroxyl groups excluding tert-OH is 1. The van der Waals surface area contributed by atoms with E-state index >= 15 is 0 Å². The molecule has 0 aromatic heterocycles. The number of aliphatic hydroxyl groups is 1. The van der Waals surface area contributed by atoms with E-state index in [9.17, 15) is 13.2 Å². The molecule has 0 spiro atoms. The van der Waals surface area contributed by atoms with Crippen LogP contribution >= 0.6 is 0 Å². The molecule has 0 atom stereocenters. The summed E-state index contributed by atoms with van der Waals surface area (Å²) in [6, 6.07) is 3.57. The third-order valence-electron chi connectivity index (χ3n) is 2.28. The van der Waals surface area contributed by atoms with Crippen molar-refractivity contribution in [2.24, 2.45) is 0 Å². The molecule has 88 valence electrons. The van der Waals surface area contributed by atoms with Gasteiger partial charge in [0.1, 0.15) is 0 Å². The van der Waals surface area contributed by atoms with Crippen molar-refractivity contribution in [3.8, 4) is 0 Å². The molecule has 1 aromatic rings. The van der Waals surface area contributed by atoms with Gasteiger partial charge in [-0.2, -0.15) is 13.2 Å². The Morgan fingerprint density at radius 3 is 2.44 bits per heavy atom. The maximum absolute atomic E-state index is 12.5. The first-order chi connectivity index (χ1) is 7.49. The molecule has 4 heteroatoms. The van der Waals surface area contributed by atoms with Crippen molar-refractivity contribution in [1.29, 1.82) is 0 Å². The molecule has 1 nitrogen and oxygen atoms in total. The SMILES string of the molecule is C=CCc1cc(C(F)(F)F)ccc1CCO. The van der Waals surface area contributed by atoms with Crippen LogP contribution in [0.25, 0.3) is 0 Å². The second-order valence-corrected chi connectivity index (χ2v) is 3.45. The number of hydrogen-bond donors (Lipinski definition) is 1. The van der Waals surface area contributed by atoms with Crippen LogP contribution < -0.4 is 0 Å². The number of benzene rings is 1. The Labute approximate surface area is 92.2 Å².